The first-order valence-corrected chi connectivity index (χ1v) is 10.9. The topological polar surface area (TPSA) is 67.1 Å². The minimum Gasteiger partial charge on any atom is -0.493 e. The second-order valence-electron chi connectivity index (χ2n) is 8.24. The number of ether oxygens (including phenoxy) is 4. The number of unbranched alkanes of at least 4 members (excludes halogenated alkanes) is 1. The summed E-state index contributed by atoms with van der Waals surface area (Å²) in [4.78, 5) is 13.2. The minimum absolute atomic E-state index is 0.380. The maximum Gasteiger partial charge on any atom is 0.346 e. The summed E-state index contributed by atoms with van der Waals surface area (Å²) in [5.74, 6) is 1.39. The molecule has 166 valence electrons. The molecule has 3 aromatic rings. The molecule has 0 radical (unpaired) electrons. The summed E-state index contributed by atoms with van der Waals surface area (Å²) in [6, 6.07) is 15.2. The van der Waals surface area contributed by atoms with Gasteiger partial charge in [-0.2, -0.15) is 0 Å². The van der Waals surface area contributed by atoms with E-state index < -0.39 is 17.5 Å². The fourth-order valence-corrected chi connectivity index (χ4v) is 4.61. The highest BCUT2D eigenvalue weighted by molar-refractivity contribution is 5.61. The van der Waals surface area contributed by atoms with Gasteiger partial charge in [-0.25, -0.2) is 4.79 Å². The van der Waals surface area contributed by atoms with Crippen LogP contribution in [0.3, 0.4) is 0 Å². The van der Waals surface area contributed by atoms with Crippen molar-refractivity contribution in [3.8, 4) is 28.6 Å². The van der Waals surface area contributed by atoms with Crippen molar-refractivity contribution in [1.82, 2.24) is 0 Å². The van der Waals surface area contributed by atoms with Crippen molar-refractivity contribution in [1.29, 1.82) is 0 Å². The standard InChI is InChI=1S/C26H26O6/c1-4-5-11-26-15-17-12-20(28-2)21(29-3)13-18(17)24(32-26)23-22(31-26)14-19(30-25(23)27)16-9-7-6-8-10-16/h6-10,12-14,24H,4-5,11,15H2,1-3H3/t24?,26-/m1/s1. The monoisotopic (exact) mass is 434 g/mol. The molecule has 1 aromatic heterocycles. The van der Waals surface area contributed by atoms with Gasteiger partial charge < -0.3 is 23.4 Å². The van der Waals surface area contributed by atoms with E-state index in [9.17, 15) is 4.79 Å². The lowest BCUT2D eigenvalue weighted by molar-refractivity contribution is -0.233. The van der Waals surface area contributed by atoms with Gasteiger partial charge in [0.25, 0.3) is 0 Å². The van der Waals surface area contributed by atoms with Crippen LogP contribution in [0, 0.1) is 0 Å². The predicted octanol–water partition coefficient (Wildman–Crippen LogP) is 5.27. The van der Waals surface area contributed by atoms with Gasteiger partial charge in [-0.15, -0.1) is 0 Å². The molecule has 1 unspecified atom stereocenters. The van der Waals surface area contributed by atoms with Crippen molar-refractivity contribution >= 4 is 0 Å². The van der Waals surface area contributed by atoms with Crippen molar-refractivity contribution in [2.24, 2.45) is 0 Å². The summed E-state index contributed by atoms with van der Waals surface area (Å²) < 4.78 is 29.7. The fraction of sp³-hybridized carbons (Fsp3) is 0.346. The predicted molar refractivity (Wildman–Crippen MR) is 119 cm³/mol. The maximum atomic E-state index is 13.2. The Labute approximate surface area is 186 Å². The second kappa shape index (κ2) is 8.02. The molecular formula is C26H26O6. The number of fused-ring (bicyclic) bond motifs is 6. The Kier molecular flexibility index (Phi) is 5.18. The number of methoxy groups -OCH3 is 2. The van der Waals surface area contributed by atoms with Gasteiger partial charge in [-0.1, -0.05) is 43.7 Å². The molecular weight excluding hydrogens is 408 g/mol. The molecule has 6 nitrogen and oxygen atoms in total. The molecule has 0 N–H and O–H groups in total. The van der Waals surface area contributed by atoms with Crippen molar-refractivity contribution in [2.75, 3.05) is 14.2 Å². The third-order valence-corrected chi connectivity index (χ3v) is 6.20. The number of rotatable bonds is 6. The van der Waals surface area contributed by atoms with Gasteiger partial charge in [-0.3, -0.25) is 0 Å². The van der Waals surface area contributed by atoms with Crippen molar-refractivity contribution in [3.05, 3.63) is 75.6 Å². The van der Waals surface area contributed by atoms with E-state index in [-0.39, 0.29) is 0 Å². The molecule has 2 bridgehead atoms. The lowest BCUT2D eigenvalue weighted by Crippen LogP contribution is -2.50. The van der Waals surface area contributed by atoms with Crippen LogP contribution in [0.15, 0.2) is 57.7 Å². The molecule has 0 saturated carbocycles. The van der Waals surface area contributed by atoms with E-state index in [0.29, 0.717) is 41.4 Å². The average Bonchev–Trinajstić information content (AvgIpc) is 2.82. The van der Waals surface area contributed by atoms with Crippen LogP contribution in [0.25, 0.3) is 11.3 Å². The molecule has 2 aromatic carbocycles. The summed E-state index contributed by atoms with van der Waals surface area (Å²) in [6.45, 7) is 2.14. The molecule has 32 heavy (non-hydrogen) atoms. The molecule has 0 spiro atoms. The van der Waals surface area contributed by atoms with Crippen LogP contribution < -0.4 is 19.8 Å². The molecule has 3 heterocycles. The molecule has 0 fully saturated rings. The molecule has 5 rings (SSSR count). The molecule has 2 atom stereocenters. The summed E-state index contributed by atoms with van der Waals surface area (Å²) >= 11 is 0. The molecule has 2 aliphatic heterocycles. The Morgan fingerprint density at radius 3 is 2.53 bits per heavy atom. The quantitative estimate of drug-likeness (QED) is 0.527. The van der Waals surface area contributed by atoms with E-state index in [0.717, 1.165) is 29.5 Å². The highest BCUT2D eigenvalue weighted by atomic mass is 16.7. The van der Waals surface area contributed by atoms with Crippen LogP contribution in [0.1, 0.15) is 49.0 Å². The van der Waals surface area contributed by atoms with Crippen LogP contribution in [0.2, 0.25) is 0 Å². The van der Waals surface area contributed by atoms with E-state index >= 15 is 0 Å². The summed E-state index contributed by atoms with van der Waals surface area (Å²) in [5.41, 5.74) is 2.64. The Bertz CT molecular complexity index is 1200. The lowest BCUT2D eigenvalue weighted by atomic mass is 9.85. The molecule has 0 saturated heterocycles. The van der Waals surface area contributed by atoms with E-state index in [1.54, 1.807) is 14.2 Å². The van der Waals surface area contributed by atoms with Crippen molar-refractivity contribution in [3.63, 3.8) is 0 Å². The van der Waals surface area contributed by atoms with Crippen LogP contribution >= 0.6 is 0 Å². The summed E-state index contributed by atoms with van der Waals surface area (Å²) in [5, 5.41) is 0. The van der Waals surface area contributed by atoms with Crippen LogP contribution in [-0.4, -0.2) is 20.0 Å². The third kappa shape index (κ3) is 3.35. The Morgan fingerprint density at radius 2 is 1.81 bits per heavy atom. The lowest BCUT2D eigenvalue weighted by Gasteiger charge is -2.46. The van der Waals surface area contributed by atoms with Gasteiger partial charge in [0, 0.05) is 24.5 Å². The Morgan fingerprint density at radius 1 is 1.06 bits per heavy atom. The van der Waals surface area contributed by atoms with Crippen LogP contribution in [-0.2, 0) is 11.2 Å². The summed E-state index contributed by atoms with van der Waals surface area (Å²) in [7, 11) is 3.21. The van der Waals surface area contributed by atoms with Crippen LogP contribution in [0.4, 0.5) is 0 Å². The third-order valence-electron chi connectivity index (χ3n) is 6.20. The highest BCUT2D eigenvalue weighted by Gasteiger charge is 2.49. The first-order valence-electron chi connectivity index (χ1n) is 10.9. The first-order chi connectivity index (χ1) is 15.6. The average molecular weight is 434 g/mol. The molecule has 0 amide bonds. The number of benzene rings is 2. The first kappa shape index (κ1) is 20.6. The largest absolute Gasteiger partial charge is 0.493 e. The van der Waals surface area contributed by atoms with Gasteiger partial charge >= 0.3 is 5.63 Å². The van der Waals surface area contributed by atoms with E-state index in [1.807, 2.05) is 48.5 Å². The SMILES string of the molecule is CCCC[C@]12Cc3cc(OC)c(OC)cc3C(O1)c1c(cc(-c3ccccc3)oc1=O)O2. The number of hydrogen-bond donors (Lipinski definition) is 0. The normalized spacial score (nSPS) is 20.7. The van der Waals surface area contributed by atoms with Gasteiger partial charge in [0.05, 0.1) is 14.2 Å². The van der Waals surface area contributed by atoms with Gasteiger partial charge in [0.2, 0.25) is 5.79 Å². The van der Waals surface area contributed by atoms with Gasteiger partial charge in [-0.05, 0) is 29.7 Å². The Hall–Kier alpha value is -3.25. The molecule has 2 aliphatic rings. The molecule has 0 aliphatic carbocycles. The highest BCUT2D eigenvalue weighted by Crippen LogP contribution is 2.51. The fourth-order valence-electron chi connectivity index (χ4n) is 4.61. The maximum absolute atomic E-state index is 13.2. The smallest absolute Gasteiger partial charge is 0.346 e. The minimum atomic E-state index is -0.845. The summed E-state index contributed by atoms with van der Waals surface area (Å²) in [6.07, 6.45) is 2.63. The van der Waals surface area contributed by atoms with E-state index in [4.69, 9.17) is 23.4 Å². The van der Waals surface area contributed by atoms with Crippen molar-refractivity contribution < 1.29 is 23.4 Å². The zero-order valence-electron chi connectivity index (χ0n) is 18.5. The van der Waals surface area contributed by atoms with Crippen LogP contribution in [0.5, 0.6) is 17.2 Å². The van der Waals surface area contributed by atoms with E-state index in [2.05, 4.69) is 6.92 Å². The Balaban J connectivity index is 1.69. The van der Waals surface area contributed by atoms with Gasteiger partial charge in [0.15, 0.2) is 11.5 Å². The second-order valence-corrected chi connectivity index (χ2v) is 8.24. The van der Waals surface area contributed by atoms with Gasteiger partial charge in [0.1, 0.15) is 23.2 Å². The van der Waals surface area contributed by atoms with E-state index in [1.165, 1.54) is 0 Å². The molecule has 6 heteroatoms. The zero-order valence-corrected chi connectivity index (χ0v) is 18.5. The van der Waals surface area contributed by atoms with Crippen molar-refractivity contribution in [2.45, 2.75) is 44.5 Å². The number of hydrogen-bond acceptors (Lipinski definition) is 6. The zero-order chi connectivity index (χ0) is 22.3.